The number of benzene rings is 2. The highest BCUT2D eigenvalue weighted by Crippen LogP contribution is 2.27. The Balaban J connectivity index is 2.08. The molecular formula is C21H20N4O2. The second-order valence-corrected chi connectivity index (χ2v) is 6.04. The largest absolute Gasteiger partial charge is 0.497 e. The van der Waals surface area contributed by atoms with Gasteiger partial charge < -0.3 is 9.64 Å². The van der Waals surface area contributed by atoms with E-state index < -0.39 is 0 Å². The number of methoxy groups -OCH3 is 1. The van der Waals surface area contributed by atoms with E-state index in [1.165, 1.54) is 0 Å². The maximum atomic E-state index is 13.0. The van der Waals surface area contributed by atoms with E-state index in [0.29, 0.717) is 23.6 Å². The van der Waals surface area contributed by atoms with Crippen molar-refractivity contribution in [1.29, 1.82) is 5.26 Å². The van der Waals surface area contributed by atoms with Crippen LogP contribution in [0.25, 0.3) is 16.9 Å². The van der Waals surface area contributed by atoms with Crippen LogP contribution in [0, 0.1) is 11.3 Å². The minimum atomic E-state index is -0.176. The van der Waals surface area contributed by atoms with Gasteiger partial charge in [-0.05, 0) is 24.3 Å². The zero-order chi connectivity index (χ0) is 19.2. The first-order valence-corrected chi connectivity index (χ1v) is 8.56. The summed E-state index contributed by atoms with van der Waals surface area (Å²) in [6.07, 6.45) is 2.01. The number of ether oxygens (including phenoxy) is 1. The average molecular weight is 360 g/mol. The Hall–Kier alpha value is -3.59. The van der Waals surface area contributed by atoms with E-state index in [1.807, 2.05) is 54.6 Å². The minimum Gasteiger partial charge on any atom is -0.497 e. The molecule has 0 fully saturated rings. The van der Waals surface area contributed by atoms with Crippen molar-refractivity contribution in [2.75, 3.05) is 20.7 Å². The summed E-state index contributed by atoms with van der Waals surface area (Å²) in [6.45, 7) is 0.364. The van der Waals surface area contributed by atoms with Crippen molar-refractivity contribution >= 4 is 5.91 Å². The fourth-order valence-corrected chi connectivity index (χ4v) is 2.75. The van der Waals surface area contributed by atoms with Crippen LogP contribution in [0.1, 0.15) is 16.8 Å². The lowest BCUT2D eigenvalue weighted by atomic mass is 10.1. The molecule has 0 aliphatic carbocycles. The molecule has 1 heterocycles. The third kappa shape index (κ3) is 3.98. The van der Waals surface area contributed by atoms with Gasteiger partial charge in [0.15, 0.2) is 0 Å². The van der Waals surface area contributed by atoms with E-state index >= 15 is 0 Å². The lowest BCUT2D eigenvalue weighted by Gasteiger charge is -2.15. The van der Waals surface area contributed by atoms with Gasteiger partial charge in [0.05, 0.1) is 30.9 Å². The maximum absolute atomic E-state index is 13.0. The molecule has 136 valence electrons. The van der Waals surface area contributed by atoms with Gasteiger partial charge in [-0.15, -0.1) is 0 Å². The summed E-state index contributed by atoms with van der Waals surface area (Å²) >= 11 is 0. The molecule has 0 saturated carbocycles. The highest BCUT2D eigenvalue weighted by Gasteiger charge is 2.21. The highest BCUT2D eigenvalue weighted by molar-refractivity contribution is 5.99. The summed E-state index contributed by atoms with van der Waals surface area (Å²) in [7, 11) is 3.29. The number of carbonyl (C=O) groups excluding carboxylic acids is 1. The van der Waals surface area contributed by atoms with Crippen LogP contribution in [0.3, 0.4) is 0 Å². The molecule has 0 N–H and O–H groups in total. The number of rotatable bonds is 6. The van der Waals surface area contributed by atoms with Crippen LogP contribution in [0.2, 0.25) is 0 Å². The summed E-state index contributed by atoms with van der Waals surface area (Å²) in [5.74, 6) is 0.517. The third-order valence-electron chi connectivity index (χ3n) is 4.21. The molecule has 27 heavy (non-hydrogen) atoms. The number of nitriles is 1. The second kappa shape index (κ2) is 8.19. The number of hydrogen-bond acceptors (Lipinski definition) is 4. The predicted molar refractivity (Wildman–Crippen MR) is 103 cm³/mol. The minimum absolute atomic E-state index is 0.176. The molecule has 2 aromatic carbocycles. The van der Waals surface area contributed by atoms with Crippen molar-refractivity contribution in [2.45, 2.75) is 6.42 Å². The lowest BCUT2D eigenvalue weighted by Crippen LogP contribution is -2.27. The van der Waals surface area contributed by atoms with E-state index in [1.54, 1.807) is 29.9 Å². The van der Waals surface area contributed by atoms with E-state index in [2.05, 4.69) is 11.2 Å². The second-order valence-electron chi connectivity index (χ2n) is 6.04. The number of amides is 1. The average Bonchev–Trinajstić information content (AvgIpc) is 3.17. The lowest BCUT2D eigenvalue weighted by molar-refractivity contribution is 0.0798. The smallest absolute Gasteiger partial charge is 0.257 e. The van der Waals surface area contributed by atoms with E-state index in [9.17, 15) is 4.79 Å². The molecular weight excluding hydrogens is 340 g/mol. The molecule has 1 aromatic heterocycles. The number of hydrogen-bond donors (Lipinski definition) is 0. The number of carbonyl (C=O) groups is 1. The molecule has 6 heteroatoms. The van der Waals surface area contributed by atoms with E-state index in [-0.39, 0.29) is 12.3 Å². The molecule has 0 radical (unpaired) electrons. The molecule has 3 aromatic rings. The third-order valence-corrected chi connectivity index (χ3v) is 4.21. The van der Waals surface area contributed by atoms with Crippen LogP contribution >= 0.6 is 0 Å². The van der Waals surface area contributed by atoms with Gasteiger partial charge in [0, 0.05) is 25.4 Å². The molecule has 1 amide bonds. The van der Waals surface area contributed by atoms with Gasteiger partial charge in [-0.2, -0.15) is 10.4 Å². The summed E-state index contributed by atoms with van der Waals surface area (Å²) in [5, 5.41) is 13.5. The van der Waals surface area contributed by atoms with Crippen LogP contribution in [-0.4, -0.2) is 41.3 Å². The summed E-state index contributed by atoms with van der Waals surface area (Å²) in [4.78, 5) is 14.5. The standard InChI is InChI=1S/C21H20N4O2/c1-24(13-7-12-22)21(26)19-15-25(17-9-4-3-5-10-17)23-20(19)16-8-6-11-18(14-16)27-2/h3-6,8-11,14-15H,7,13H2,1-2H3. The van der Waals surface area contributed by atoms with Crippen LogP contribution < -0.4 is 4.74 Å². The highest BCUT2D eigenvalue weighted by atomic mass is 16.5. The Morgan fingerprint density at radius 1 is 1.22 bits per heavy atom. The van der Waals surface area contributed by atoms with Crippen LogP contribution in [0.15, 0.2) is 60.8 Å². The normalized spacial score (nSPS) is 10.3. The van der Waals surface area contributed by atoms with Crippen molar-refractivity contribution < 1.29 is 9.53 Å². The van der Waals surface area contributed by atoms with Crippen LogP contribution in [0.4, 0.5) is 0 Å². The Morgan fingerprint density at radius 3 is 2.70 bits per heavy atom. The van der Waals surface area contributed by atoms with Gasteiger partial charge in [0.1, 0.15) is 11.4 Å². The van der Waals surface area contributed by atoms with Crippen LogP contribution in [0.5, 0.6) is 5.75 Å². The quantitative estimate of drug-likeness (QED) is 0.674. The number of para-hydroxylation sites is 1. The van der Waals surface area contributed by atoms with Crippen molar-refractivity contribution in [3.05, 3.63) is 66.4 Å². The van der Waals surface area contributed by atoms with Gasteiger partial charge in [0.2, 0.25) is 0 Å². The SMILES string of the molecule is COc1cccc(-c2nn(-c3ccccc3)cc2C(=O)N(C)CCC#N)c1. The van der Waals surface area contributed by atoms with Gasteiger partial charge in [0.25, 0.3) is 5.91 Å². The van der Waals surface area contributed by atoms with Gasteiger partial charge in [-0.25, -0.2) is 4.68 Å². The summed E-state index contributed by atoms with van der Waals surface area (Å²) in [6, 6.07) is 19.1. The zero-order valence-corrected chi connectivity index (χ0v) is 15.3. The molecule has 0 atom stereocenters. The molecule has 0 aliphatic rings. The first-order valence-electron chi connectivity index (χ1n) is 8.56. The predicted octanol–water partition coefficient (Wildman–Crippen LogP) is 3.53. The Kier molecular flexibility index (Phi) is 5.53. The first-order chi connectivity index (χ1) is 13.1. The fourth-order valence-electron chi connectivity index (χ4n) is 2.75. The van der Waals surface area contributed by atoms with Crippen molar-refractivity contribution in [3.63, 3.8) is 0 Å². The van der Waals surface area contributed by atoms with E-state index in [4.69, 9.17) is 10.00 Å². The Morgan fingerprint density at radius 2 is 2.00 bits per heavy atom. The maximum Gasteiger partial charge on any atom is 0.257 e. The van der Waals surface area contributed by atoms with Crippen molar-refractivity contribution in [1.82, 2.24) is 14.7 Å². The van der Waals surface area contributed by atoms with Crippen molar-refractivity contribution in [3.8, 4) is 28.8 Å². The zero-order valence-electron chi connectivity index (χ0n) is 15.3. The molecule has 0 bridgehead atoms. The molecule has 0 aliphatic heterocycles. The Labute approximate surface area is 158 Å². The van der Waals surface area contributed by atoms with E-state index in [0.717, 1.165) is 11.3 Å². The monoisotopic (exact) mass is 360 g/mol. The van der Waals surface area contributed by atoms with Crippen LogP contribution in [-0.2, 0) is 0 Å². The van der Waals surface area contributed by atoms with Gasteiger partial charge >= 0.3 is 0 Å². The Bertz CT molecular complexity index is 973. The number of aromatic nitrogens is 2. The molecule has 0 saturated heterocycles. The topological polar surface area (TPSA) is 71.2 Å². The molecule has 0 unspecified atom stereocenters. The molecule has 6 nitrogen and oxygen atoms in total. The molecule has 3 rings (SSSR count). The van der Waals surface area contributed by atoms with Crippen molar-refractivity contribution in [2.24, 2.45) is 0 Å². The fraction of sp³-hybridized carbons (Fsp3) is 0.190. The number of nitrogens with zero attached hydrogens (tertiary/aromatic N) is 4. The van der Waals surface area contributed by atoms with Gasteiger partial charge in [-0.3, -0.25) is 4.79 Å². The van der Waals surface area contributed by atoms with Gasteiger partial charge in [-0.1, -0.05) is 30.3 Å². The molecule has 0 spiro atoms. The first kappa shape index (κ1) is 18.2. The summed E-state index contributed by atoms with van der Waals surface area (Å²) < 4.78 is 7.00. The summed E-state index contributed by atoms with van der Waals surface area (Å²) in [5.41, 5.74) is 2.71.